The van der Waals surface area contributed by atoms with Gasteiger partial charge in [-0.2, -0.15) is 0 Å². The number of nitrogens with zero attached hydrogens (tertiary/aromatic N) is 1. The van der Waals surface area contributed by atoms with Gasteiger partial charge in [-0.05, 0) is 45.4 Å². The third-order valence-electron chi connectivity index (χ3n) is 3.98. The van der Waals surface area contributed by atoms with E-state index in [2.05, 4.69) is 5.32 Å². The lowest BCUT2D eigenvalue weighted by Crippen LogP contribution is -2.36. The van der Waals surface area contributed by atoms with E-state index in [1.165, 1.54) is 11.8 Å². The van der Waals surface area contributed by atoms with E-state index in [4.69, 9.17) is 9.47 Å². The molecule has 1 aromatic carbocycles. The number of carbonyl (C=O) groups is 2. The highest BCUT2D eigenvalue weighted by molar-refractivity contribution is 5.73. The molecule has 3 atom stereocenters. The highest BCUT2D eigenvalue weighted by atomic mass is 16.6. The molecule has 0 aromatic heterocycles. The monoisotopic (exact) mass is 364 g/mol. The molecule has 3 unspecified atom stereocenters. The van der Waals surface area contributed by atoms with Crippen molar-refractivity contribution in [2.24, 2.45) is 0 Å². The average Bonchev–Trinajstić information content (AvgIpc) is 2.87. The highest BCUT2D eigenvalue weighted by Gasteiger charge is 2.37. The number of hydrogen-bond acceptors (Lipinski definition) is 5. The Hall–Kier alpha value is -2.28. The summed E-state index contributed by atoms with van der Waals surface area (Å²) >= 11 is 0. The first kappa shape index (κ1) is 20.0. The zero-order valence-electron chi connectivity index (χ0n) is 16.0. The van der Waals surface area contributed by atoms with Crippen molar-refractivity contribution in [2.75, 3.05) is 13.1 Å². The molecule has 1 aromatic rings. The van der Waals surface area contributed by atoms with E-state index >= 15 is 0 Å². The lowest BCUT2D eigenvalue weighted by molar-refractivity contribution is -0.119. The molecule has 1 aliphatic rings. The van der Waals surface area contributed by atoms with Gasteiger partial charge in [0.2, 0.25) is 5.91 Å². The maximum atomic E-state index is 12.1. The fourth-order valence-corrected chi connectivity index (χ4v) is 2.75. The summed E-state index contributed by atoms with van der Waals surface area (Å²) in [6.45, 7) is 9.22. The predicted molar refractivity (Wildman–Crippen MR) is 96.9 cm³/mol. The number of carbonyl (C=O) groups excluding carboxylic acids is 2. The van der Waals surface area contributed by atoms with Crippen LogP contribution in [-0.4, -0.2) is 52.9 Å². The van der Waals surface area contributed by atoms with Gasteiger partial charge in [0.1, 0.15) is 23.6 Å². The molecule has 144 valence electrons. The van der Waals surface area contributed by atoms with Gasteiger partial charge in [0, 0.05) is 6.92 Å². The molecule has 0 spiro atoms. The summed E-state index contributed by atoms with van der Waals surface area (Å²) in [6, 6.07) is 7.21. The molecule has 1 saturated heterocycles. The average molecular weight is 364 g/mol. The van der Waals surface area contributed by atoms with Crippen LogP contribution in [0.3, 0.4) is 0 Å². The third-order valence-corrected chi connectivity index (χ3v) is 3.98. The molecule has 1 aliphatic heterocycles. The molecule has 0 saturated carbocycles. The number of nitrogens with one attached hydrogen (secondary N) is 1. The molecule has 2 amide bonds. The number of aliphatic hydroxyl groups excluding tert-OH is 1. The zero-order chi connectivity index (χ0) is 19.5. The maximum absolute atomic E-state index is 12.1. The van der Waals surface area contributed by atoms with Crippen LogP contribution in [0.15, 0.2) is 24.3 Å². The number of ether oxygens (including phenoxy) is 2. The van der Waals surface area contributed by atoms with E-state index in [-0.39, 0.29) is 25.0 Å². The predicted octanol–water partition coefficient (Wildman–Crippen LogP) is 2.24. The molecule has 0 aliphatic carbocycles. The number of aliphatic hydroxyl groups is 1. The number of likely N-dealkylation sites (tertiary alicyclic amines) is 1. The minimum absolute atomic E-state index is 0.0888. The van der Waals surface area contributed by atoms with Gasteiger partial charge in [0.15, 0.2) is 0 Å². The fourth-order valence-electron chi connectivity index (χ4n) is 2.75. The Morgan fingerprint density at radius 3 is 2.38 bits per heavy atom. The van der Waals surface area contributed by atoms with E-state index < -0.39 is 23.9 Å². The van der Waals surface area contributed by atoms with Crippen molar-refractivity contribution < 1.29 is 24.2 Å². The molecule has 2 N–H and O–H groups in total. The zero-order valence-corrected chi connectivity index (χ0v) is 16.0. The molecule has 0 radical (unpaired) electrons. The van der Waals surface area contributed by atoms with Crippen LogP contribution in [0, 0.1) is 0 Å². The summed E-state index contributed by atoms with van der Waals surface area (Å²) in [5.74, 6) is 0.507. The van der Waals surface area contributed by atoms with Crippen molar-refractivity contribution in [1.29, 1.82) is 0 Å². The lowest BCUT2D eigenvalue weighted by atomic mass is 10.1. The van der Waals surface area contributed by atoms with Gasteiger partial charge in [-0.3, -0.25) is 4.79 Å². The number of amides is 2. The largest absolute Gasteiger partial charge is 0.486 e. The highest BCUT2D eigenvalue weighted by Crippen LogP contribution is 2.23. The summed E-state index contributed by atoms with van der Waals surface area (Å²) < 4.78 is 11.2. The molecule has 0 bridgehead atoms. The molecule has 7 nitrogen and oxygen atoms in total. The molecule has 1 heterocycles. The van der Waals surface area contributed by atoms with Gasteiger partial charge >= 0.3 is 6.09 Å². The second-order valence-corrected chi connectivity index (χ2v) is 7.60. The second kappa shape index (κ2) is 7.95. The van der Waals surface area contributed by atoms with Crippen LogP contribution >= 0.6 is 0 Å². The van der Waals surface area contributed by atoms with Gasteiger partial charge in [0.25, 0.3) is 0 Å². The summed E-state index contributed by atoms with van der Waals surface area (Å²) in [5, 5.41) is 13.0. The Morgan fingerprint density at radius 2 is 1.85 bits per heavy atom. The van der Waals surface area contributed by atoms with E-state index in [9.17, 15) is 14.7 Å². The molecule has 26 heavy (non-hydrogen) atoms. The minimum atomic E-state index is -0.777. The molecule has 1 fully saturated rings. The summed E-state index contributed by atoms with van der Waals surface area (Å²) in [4.78, 5) is 24.7. The Labute approximate surface area is 154 Å². The van der Waals surface area contributed by atoms with Gasteiger partial charge in [0.05, 0.1) is 19.1 Å². The standard InChI is InChI=1S/C19H28N2O5/c1-12(20-13(2)22)14-6-8-15(9-7-14)25-17-11-21(10-16(17)23)18(24)26-19(3,4)5/h6-9,12,16-17,23H,10-11H2,1-5H3,(H,20,22). The van der Waals surface area contributed by atoms with Crippen LogP contribution in [0.25, 0.3) is 0 Å². The first-order chi connectivity index (χ1) is 12.0. The van der Waals surface area contributed by atoms with Crippen LogP contribution in [0.2, 0.25) is 0 Å². The Morgan fingerprint density at radius 1 is 1.23 bits per heavy atom. The topological polar surface area (TPSA) is 88.1 Å². The number of β-amino-alcohol motifs (C(OH)–C–C–N with tert-alkyl or cyclic N) is 1. The van der Waals surface area contributed by atoms with E-state index in [0.29, 0.717) is 5.75 Å². The Balaban J connectivity index is 1.94. The smallest absolute Gasteiger partial charge is 0.410 e. The van der Waals surface area contributed by atoms with Crippen LogP contribution < -0.4 is 10.1 Å². The van der Waals surface area contributed by atoms with Crippen molar-refractivity contribution in [3.05, 3.63) is 29.8 Å². The molecular formula is C19H28N2O5. The SMILES string of the molecule is CC(=O)NC(C)c1ccc(OC2CN(C(=O)OC(C)(C)C)CC2O)cc1. The van der Waals surface area contributed by atoms with Gasteiger partial charge in [-0.15, -0.1) is 0 Å². The summed E-state index contributed by atoms with van der Waals surface area (Å²) in [5.41, 5.74) is 0.372. The van der Waals surface area contributed by atoms with Gasteiger partial charge in [-0.1, -0.05) is 12.1 Å². The Kier molecular flexibility index (Phi) is 6.13. The number of benzene rings is 1. The fraction of sp³-hybridized carbons (Fsp3) is 0.579. The lowest BCUT2D eigenvalue weighted by Gasteiger charge is -2.24. The second-order valence-electron chi connectivity index (χ2n) is 7.60. The van der Waals surface area contributed by atoms with E-state index in [1.54, 1.807) is 32.9 Å². The van der Waals surface area contributed by atoms with Crippen molar-refractivity contribution in [2.45, 2.75) is 58.5 Å². The summed E-state index contributed by atoms with van der Waals surface area (Å²) in [7, 11) is 0. The molecule has 7 heteroatoms. The number of rotatable bonds is 4. The summed E-state index contributed by atoms with van der Waals surface area (Å²) in [6.07, 6.45) is -1.75. The van der Waals surface area contributed by atoms with Crippen LogP contribution in [0.1, 0.15) is 46.2 Å². The molecular weight excluding hydrogens is 336 g/mol. The minimum Gasteiger partial charge on any atom is -0.486 e. The van der Waals surface area contributed by atoms with Crippen LogP contribution in [0.5, 0.6) is 5.75 Å². The quantitative estimate of drug-likeness (QED) is 0.855. The first-order valence-corrected chi connectivity index (χ1v) is 8.75. The van der Waals surface area contributed by atoms with Gasteiger partial charge in [-0.25, -0.2) is 4.79 Å². The van der Waals surface area contributed by atoms with Crippen molar-refractivity contribution in [3.63, 3.8) is 0 Å². The third kappa shape index (κ3) is 5.62. The van der Waals surface area contributed by atoms with E-state index in [1.807, 2.05) is 19.1 Å². The van der Waals surface area contributed by atoms with E-state index in [0.717, 1.165) is 5.56 Å². The van der Waals surface area contributed by atoms with Crippen molar-refractivity contribution in [3.8, 4) is 5.75 Å². The van der Waals surface area contributed by atoms with Crippen molar-refractivity contribution >= 4 is 12.0 Å². The van der Waals surface area contributed by atoms with Crippen LogP contribution in [0.4, 0.5) is 4.79 Å². The first-order valence-electron chi connectivity index (χ1n) is 8.75. The normalized spacial score (nSPS) is 21.2. The van der Waals surface area contributed by atoms with Crippen LogP contribution in [-0.2, 0) is 9.53 Å². The Bertz CT molecular complexity index is 638. The number of hydrogen-bond donors (Lipinski definition) is 2. The van der Waals surface area contributed by atoms with Crippen molar-refractivity contribution in [1.82, 2.24) is 10.2 Å². The van der Waals surface area contributed by atoms with Gasteiger partial charge < -0.3 is 24.8 Å². The molecule has 2 rings (SSSR count). The maximum Gasteiger partial charge on any atom is 0.410 e.